The van der Waals surface area contributed by atoms with Crippen molar-refractivity contribution < 1.29 is 18.1 Å². The third kappa shape index (κ3) is 4.81. The molecule has 3 rings (SSSR count). The largest absolute Gasteiger partial charge is 0.322 e. The van der Waals surface area contributed by atoms with E-state index < -0.39 is 20.9 Å². The molecule has 154 valence electrons. The molecule has 0 aliphatic carbocycles. The number of nitrogens with one attached hydrogen (secondary N) is 2. The SMILES string of the molecule is Cc1ccc(S(=O)(=O)Nc2cccc(C(=O)Nc3ccc([N+](=O)[O-])cc3C)c2)cc1. The number of nitro benzene ring substituents is 1. The molecular weight excluding hydrogens is 406 g/mol. The van der Waals surface area contributed by atoms with Crippen LogP contribution in [0.2, 0.25) is 0 Å². The van der Waals surface area contributed by atoms with E-state index in [4.69, 9.17) is 0 Å². The van der Waals surface area contributed by atoms with Gasteiger partial charge in [0.2, 0.25) is 0 Å². The number of nitro groups is 1. The highest BCUT2D eigenvalue weighted by Crippen LogP contribution is 2.23. The van der Waals surface area contributed by atoms with Gasteiger partial charge < -0.3 is 5.32 Å². The number of aryl methyl sites for hydroxylation is 2. The summed E-state index contributed by atoms with van der Waals surface area (Å²) in [4.78, 5) is 23.0. The number of carbonyl (C=O) groups excluding carboxylic acids is 1. The predicted molar refractivity (Wildman–Crippen MR) is 114 cm³/mol. The lowest BCUT2D eigenvalue weighted by atomic mass is 10.1. The standard InChI is InChI=1S/C21H19N3O5S/c1-14-6-9-19(10-7-14)30(28,29)23-17-5-3-4-16(13-17)21(25)22-20-11-8-18(24(26)27)12-15(20)2/h3-13,23H,1-2H3,(H,22,25). The average Bonchev–Trinajstić information content (AvgIpc) is 2.69. The molecule has 0 unspecified atom stereocenters. The lowest BCUT2D eigenvalue weighted by Crippen LogP contribution is -2.15. The van der Waals surface area contributed by atoms with Crippen molar-refractivity contribution in [3.05, 3.63) is 93.5 Å². The van der Waals surface area contributed by atoms with Crippen LogP contribution in [0.3, 0.4) is 0 Å². The lowest BCUT2D eigenvalue weighted by molar-refractivity contribution is -0.384. The maximum Gasteiger partial charge on any atom is 0.269 e. The zero-order valence-corrected chi connectivity index (χ0v) is 17.1. The summed E-state index contributed by atoms with van der Waals surface area (Å²) in [5.41, 5.74) is 2.30. The summed E-state index contributed by atoms with van der Waals surface area (Å²) in [6.45, 7) is 3.51. The van der Waals surface area contributed by atoms with E-state index in [1.807, 2.05) is 6.92 Å². The number of benzene rings is 3. The van der Waals surface area contributed by atoms with Gasteiger partial charge in [-0.15, -0.1) is 0 Å². The van der Waals surface area contributed by atoms with E-state index in [-0.39, 0.29) is 21.8 Å². The monoisotopic (exact) mass is 425 g/mol. The van der Waals surface area contributed by atoms with Gasteiger partial charge in [-0.25, -0.2) is 8.42 Å². The molecular formula is C21H19N3O5S. The summed E-state index contributed by atoms with van der Waals surface area (Å²) in [7, 11) is -3.80. The topological polar surface area (TPSA) is 118 Å². The van der Waals surface area contributed by atoms with E-state index in [2.05, 4.69) is 10.0 Å². The third-order valence-electron chi connectivity index (χ3n) is 4.38. The molecule has 0 saturated carbocycles. The molecule has 0 heterocycles. The first-order chi connectivity index (χ1) is 14.2. The van der Waals surface area contributed by atoms with Gasteiger partial charge in [0, 0.05) is 29.1 Å². The predicted octanol–water partition coefficient (Wildman–Crippen LogP) is 4.26. The molecule has 0 spiro atoms. The number of hydrogen-bond acceptors (Lipinski definition) is 5. The van der Waals surface area contributed by atoms with E-state index in [0.29, 0.717) is 11.3 Å². The maximum absolute atomic E-state index is 12.6. The van der Waals surface area contributed by atoms with Gasteiger partial charge in [-0.2, -0.15) is 0 Å². The highest BCUT2D eigenvalue weighted by molar-refractivity contribution is 7.92. The molecule has 3 aromatic rings. The van der Waals surface area contributed by atoms with E-state index in [1.165, 1.54) is 36.4 Å². The van der Waals surface area contributed by atoms with E-state index in [1.54, 1.807) is 37.3 Å². The number of anilines is 2. The minimum absolute atomic E-state index is 0.0713. The van der Waals surface area contributed by atoms with Crippen molar-refractivity contribution in [1.29, 1.82) is 0 Å². The summed E-state index contributed by atoms with van der Waals surface area (Å²) >= 11 is 0. The third-order valence-corrected chi connectivity index (χ3v) is 5.77. The van der Waals surface area contributed by atoms with Crippen molar-refractivity contribution in [2.75, 3.05) is 10.0 Å². The van der Waals surface area contributed by atoms with Crippen LogP contribution in [0.15, 0.2) is 71.6 Å². The van der Waals surface area contributed by atoms with Crippen LogP contribution in [-0.2, 0) is 10.0 Å². The second-order valence-electron chi connectivity index (χ2n) is 6.71. The molecule has 8 nitrogen and oxygen atoms in total. The minimum Gasteiger partial charge on any atom is -0.322 e. The Morgan fingerprint density at radius 3 is 2.30 bits per heavy atom. The first-order valence-corrected chi connectivity index (χ1v) is 10.4. The Bertz CT molecular complexity index is 1220. The zero-order valence-electron chi connectivity index (χ0n) is 16.2. The van der Waals surface area contributed by atoms with Crippen LogP contribution in [0.25, 0.3) is 0 Å². The van der Waals surface area contributed by atoms with Crippen LogP contribution in [0, 0.1) is 24.0 Å². The fourth-order valence-electron chi connectivity index (χ4n) is 2.75. The smallest absolute Gasteiger partial charge is 0.269 e. The maximum atomic E-state index is 12.6. The van der Waals surface area contributed by atoms with Crippen molar-refractivity contribution in [1.82, 2.24) is 0 Å². The number of hydrogen-bond donors (Lipinski definition) is 2. The van der Waals surface area contributed by atoms with Crippen LogP contribution in [0.1, 0.15) is 21.5 Å². The lowest BCUT2D eigenvalue weighted by Gasteiger charge is -2.11. The summed E-state index contributed by atoms with van der Waals surface area (Å²) < 4.78 is 27.6. The fraction of sp³-hybridized carbons (Fsp3) is 0.0952. The van der Waals surface area contributed by atoms with Crippen molar-refractivity contribution in [2.24, 2.45) is 0 Å². The first kappa shape index (κ1) is 21.0. The quantitative estimate of drug-likeness (QED) is 0.452. The molecule has 2 N–H and O–H groups in total. The molecule has 0 radical (unpaired) electrons. The number of nitrogens with zero attached hydrogens (tertiary/aromatic N) is 1. The normalized spacial score (nSPS) is 11.0. The number of sulfonamides is 1. The molecule has 0 fully saturated rings. The highest BCUT2D eigenvalue weighted by atomic mass is 32.2. The van der Waals surface area contributed by atoms with Gasteiger partial charge in [-0.05, 0) is 55.8 Å². The summed E-state index contributed by atoms with van der Waals surface area (Å²) in [5.74, 6) is -0.469. The fourth-order valence-corrected chi connectivity index (χ4v) is 3.80. The summed E-state index contributed by atoms with van der Waals surface area (Å²) in [6, 6.07) is 16.6. The van der Waals surface area contributed by atoms with Gasteiger partial charge in [0.05, 0.1) is 9.82 Å². The van der Waals surface area contributed by atoms with E-state index in [9.17, 15) is 23.3 Å². The Labute approximate surface area is 173 Å². The first-order valence-electron chi connectivity index (χ1n) is 8.92. The van der Waals surface area contributed by atoms with Gasteiger partial charge in [-0.1, -0.05) is 23.8 Å². The Morgan fingerprint density at radius 1 is 0.967 bits per heavy atom. The number of non-ortho nitro benzene ring substituents is 1. The Hall–Kier alpha value is -3.72. The molecule has 0 aliphatic heterocycles. The molecule has 0 bridgehead atoms. The second kappa shape index (κ2) is 8.34. The Morgan fingerprint density at radius 2 is 1.67 bits per heavy atom. The van der Waals surface area contributed by atoms with E-state index in [0.717, 1.165) is 5.56 Å². The highest BCUT2D eigenvalue weighted by Gasteiger charge is 2.16. The molecule has 0 aliphatic rings. The van der Waals surface area contributed by atoms with Crippen molar-refractivity contribution in [3.63, 3.8) is 0 Å². The molecule has 0 saturated heterocycles. The number of rotatable bonds is 6. The molecule has 1 amide bonds. The zero-order chi connectivity index (χ0) is 21.9. The van der Waals surface area contributed by atoms with Crippen molar-refractivity contribution in [3.8, 4) is 0 Å². The van der Waals surface area contributed by atoms with Crippen LogP contribution >= 0.6 is 0 Å². The van der Waals surface area contributed by atoms with Gasteiger partial charge in [0.25, 0.3) is 21.6 Å². The average molecular weight is 425 g/mol. The van der Waals surface area contributed by atoms with Gasteiger partial charge in [-0.3, -0.25) is 19.6 Å². The summed E-state index contributed by atoms with van der Waals surface area (Å²) in [5, 5.41) is 13.5. The minimum atomic E-state index is -3.80. The van der Waals surface area contributed by atoms with Crippen molar-refractivity contribution >= 4 is 33.0 Å². The summed E-state index contributed by atoms with van der Waals surface area (Å²) in [6.07, 6.45) is 0. The Balaban J connectivity index is 1.79. The van der Waals surface area contributed by atoms with Crippen LogP contribution in [0.5, 0.6) is 0 Å². The molecule has 0 atom stereocenters. The number of amides is 1. The van der Waals surface area contributed by atoms with Gasteiger partial charge in [0.1, 0.15) is 0 Å². The van der Waals surface area contributed by atoms with Gasteiger partial charge in [0.15, 0.2) is 0 Å². The van der Waals surface area contributed by atoms with Crippen molar-refractivity contribution in [2.45, 2.75) is 18.7 Å². The molecule has 3 aromatic carbocycles. The molecule has 30 heavy (non-hydrogen) atoms. The van der Waals surface area contributed by atoms with Crippen LogP contribution < -0.4 is 10.0 Å². The number of carbonyl (C=O) groups is 1. The molecule has 9 heteroatoms. The second-order valence-corrected chi connectivity index (χ2v) is 8.39. The van der Waals surface area contributed by atoms with E-state index >= 15 is 0 Å². The molecule has 0 aromatic heterocycles. The Kier molecular flexibility index (Phi) is 5.84. The van der Waals surface area contributed by atoms with Gasteiger partial charge >= 0.3 is 0 Å². The van der Waals surface area contributed by atoms with Crippen LogP contribution in [0.4, 0.5) is 17.1 Å². The van der Waals surface area contributed by atoms with Crippen LogP contribution in [-0.4, -0.2) is 19.2 Å².